The molecule has 3 amide bonds. The Kier molecular flexibility index (Phi) is 11.3. The zero-order valence-corrected chi connectivity index (χ0v) is 18.0. The summed E-state index contributed by atoms with van der Waals surface area (Å²) in [5.74, 6) is -2.07. The van der Waals surface area contributed by atoms with E-state index in [0.29, 0.717) is 6.42 Å². The molecule has 1 atom stereocenters. The second kappa shape index (κ2) is 12.3. The summed E-state index contributed by atoms with van der Waals surface area (Å²) >= 11 is 0. The van der Waals surface area contributed by atoms with Gasteiger partial charge in [-0.1, -0.05) is 6.08 Å². The average Bonchev–Trinajstić information content (AvgIpc) is 2.53. The predicted molar refractivity (Wildman–Crippen MR) is 95.3 cm³/mol. The van der Waals surface area contributed by atoms with E-state index in [1.54, 1.807) is 6.08 Å². The number of aromatic nitrogens is 1. The normalized spacial score (nSPS) is 11.3. The molecule has 0 aliphatic carbocycles. The Morgan fingerprint density at radius 3 is 2.48 bits per heavy atom. The average molecular weight is 450 g/mol. The van der Waals surface area contributed by atoms with Crippen molar-refractivity contribution in [2.45, 2.75) is 39.3 Å². The number of nitrogens with one attached hydrogen (secondary N) is 3. The number of carbonyl (C=O) groups excluding carboxylic acids is 4. The Morgan fingerprint density at radius 1 is 1.26 bits per heavy atom. The Morgan fingerprint density at radius 2 is 1.93 bits per heavy atom. The van der Waals surface area contributed by atoms with Crippen molar-refractivity contribution in [3.05, 3.63) is 46.6 Å². The van der Waals surface area contributed by atoms with Crippen LogP contribution in [-0.4, -0.2) is 34.1 Å². The number of rotatable bonds is 9. The monoisotopic (exact) mass is 450 g/mol. The van der Waals surface area contributed by atoms with Gasteiger partial charge >= 0.3 is 0 Å². The molecule has 0 aromatic carbocycles. The molecule has 1 heterocycles. The van der Waals surface area contributed by atoms with Gasteiger partial charge in [-0.2, -0.15) is 0 Å². The molecule has 1 rings (SSSR count). The Bertz CT molecular complexity index is 788. The van der Waals surface area contributed by atoms with Crippen LogP contribution in [0.2, 0.25) is 0 Å². The maximum absolute atomic E-state index is 12.4. The van der Waals surface area contributed by atoms with Gasteiger partial charge in [0.15, 0.2) is 5.78 Å². The Labute approximate surface area is 181 Å². The maximum atomic E-state index is 12.4. The smallest absolute Gasteiger partial charge is 0.274 e. The molecule has 0 aliphatic heterocycles. The van der Waals surface area contributed by atoms with Crippen LogP contribution < -0.4 is 16.2 Å². The number of anilines is 1. The quantitative estimate of drug-likeness (QED) is 0.536. The van der Waals surface area contributed by atoms with E-state index in [9.17, 15) is 24.0 Å². The fourth-order valence-electron chi connectivity index (χ4n) is 2.16. The third-order valence-corrected chi connectivity index (χ3v) is 3.26. The van der Waals surface area contributed by atoms with Gasteiger partial charge in [-0.05, 0) is 38.0 Å². The molecule has 143 valence electrons. The second-order valence-electron chi connectivity index (χ2n) is 5.61. The van der Waals surface area contributed by atoms with E-state index >= 15 is 0 Å². The summed E-state index contributed by atoms with van der Waals surface area (Å²) in [5.41, 5.74) is 6.24. The Balaban J connectivity index is 0.00000676. The zero-order valence-electron chi connectivity index (χ0n) is 15.2. The number of carbonyl (C=O) groups is 4. The van der Waals surface area contributed by atoms with Crippen molar-refractivity contribution in [3.63, 3.8) is 0 Å². The molecule has 10 heteroatoms. The summed E-state index contributed by atoms with van der Waals surface area (Å²) in [6.07, 6.45) is 4.92. The topological polar surface area (TPSA) is 138 Å². The van der Waals surface area contributed by atoms with Crippen molar-refractivity contribution in [3.8, 4) is 0 Å². The van der Waals surface area contributed by atoms with Crippen LogP contribution in [0.1, 0.15) is 26.7 Å². The van der Waals surface area contributed by atoms with Crippen molar-refractivity contribution in [1.29, 1.82) is 0 Å². The number of allylic oxidation sites excluding steroid dienone is 2. The van der Waals surface area contributed by atoms with Crippen LogP contribution >= 0.6 is 0 Å². The molecule has 0 spiro atoms. The summed E-state index contributed by atoms with van der Waals surface area (Å²) in [5, 5.41) is 4.92. The van der Waals surface area contributed by atoms with Crippen LogP contribution in [0.25, 0.3) is 5.73 Å². The number of pyridine rings is 1. The van der Waals surface area contributed by atoms with Crippen molar-refractivity contribution in [2.24, 2.45) is 0 Å². The van der Waals surface area contributed by atoms with E-state index in [4.69, 9.17) is 5.73 Å². The van der Waals surface area contributed by atoms with Gasteiger partial charge in [-0.25, -0.2) is 0 Å². The minimum absolute atomic E-state index is 0. The van der Waals surface area contributed by atoms with Crippen molar-refractivity contribution in [1.82, 2.24) is 9.88 Å². The van der Waals surface area contributed by atoms with Crippen LogP contribution in [0.3, 0.4) is 0 Å². The van der Waals surface area contributed by atoms with Gasteiger partial charge < -0.3 is 25.7 Å². The molecular weight excluding hydrogens is 429 g/mol. The predicted octanol–water partition coefficient (Wildman–Crippen LogP) is 0.793. The van der Waals surface area contributed by atoms with Gasteiger partial charge in [0.2, 0.25) is 11.8 Å². The molecular formula is C17H21N4O5Y-. The van der Waals surface area contributed by atoms with E-state index in [0.717, 1.165) is 4.57 Å². The number of ketones is 1. The van der Waals surface area contributed by atoms with E-state index in [2.05, 4.69) is 10.6 Å². The van der Waals surface area contributed by atoms with Crippen LogP contribution in [0.4, 0.5) is 5.69 Å². The first kappa shape index (κ1) is 24.9. The first-order chi connectivity index (χ1) is 12.2. The van der Waals surface area contributed by atoms with Crippen molar-refractivity contribution in [2.75, 3.05) is 5.32 Å². The Hall–Kier alpha value is -2.13. The van der Waals surface area contributed by atoms with Crippen LogP contribution in [0, 0.1) is 0 Å². The number of hydrogen-bond donors (Lipinski definition) is 2. The third kappa shape index (κ3) is 9.39. The summed E-state index contributed by atoms with van der Waals surface area (Å²) in [4.78, 5) is 57.6. The number of hydrogen-bond acceptors (Lipinski definition) is 5. The first-order valence-electron chi connectivity index (χ1n) is 7.89. The minimum Gasteiger partial charge on any atom is -0.666 e. The fourth-order valence-corrected chi connectivity index (χ4v) is 2.16. The maximum Gasteiger partial charge on any atom is 0.274 e. The third-order valence-electron chi connectivity index (χ3n) is 3.26. The standard InChI is InChI=1S/C17H22N4O5.Y/c1-11(22)6-3-4-7-13(19-12(2)23)16(25)20-14-8-5-9-21(17(14)26)10-15(18)24;/h3,5-6,8-9,13H,4,7,10H2,1-2H3,(H4,18,19,20,23,24,25);/p-1/b6-3+;/t13-;/m0./s1. The van der Waals surface area contributed by atoms with Gasteiger partial charge in [0.1, 0.15) is 11.7 Å². The van der Waals surface area contributed by atoms with E-state index < -0.39 is 35.9 Å². The molecule has 1 aromatic rings. The van der Waals surface area contributed by atoms with Crippen LogP contribution in [0.5, 0.6) is 0 Å². The fraction of sp³-hybridized carbons (Fsp3) is 0.353. The summed E-state index contributed by atoms with van der Waals surface area (Å²) < 4.78 is 1.01. The first-order valence-corrected chi connectivity index (χ1v) is 7.89. The number of nitrogens with zero attached hydrogens (tertiary/aromatic N) is 1. The van der Waals surface area contributed by atoms with Crippen molar-refractivity contribution < 1.29 is 51.9 Å². The molecule has 1 aromatic heterocycles. The van der Waals surface area contributed by atoms with E-state index in [1.165, 1.54) is 38.3 Å². The molecule has 1 radical (unpaired) electrons. The van der Waals surface area contributed by atoms with Gasteiger partial charge in [-0.15, -0.1) is 0 Å². The molecule has 0 bridgehead atoms. The summed E-state index contributed by atoms with van der Waals surface area (Å²) in [6, 6.07) is 1.93. The van der Waals surface area contributed by atoms with Gasteiger partial charge in [0.25, 0.3) is 5.56 Å². The molecule has 0 aliphatic rings. The largest absolute Gasteiger partial charge is 0.666 e. The minimum atomic E-state index is -0.941. The molecule has 0 fully saturated rings. The molecule has 0 saturated heterocycles. The SMILES string of the molecule is CC(=O)/C=C/CC[C@H](NC(C)=O)C(=O)Nc1cccn(CC([NH-])=O)c1=O.[Y]. The van der Waals surface area contributed by atoms with E-state index in [-0.39, 0.29) is 50.6 Å². The molecule has 9 nitrogen and oxygen atoms in total. The van der Waals surface area contributed by atoms with E-state index in [1.807, 2.05) is 0 Å². The van der Waals surface area contributed by atoms with Crippen LogP contribution in [-0.2, 0) is 58.4 Å². The summed E-state index contributed by atoms with van der Waals surface area (Å²) in [6.45, 7) is 2.24. The van der Waals surface area contributed by atoms with Crippen molar-refractivity contribution >= 4 is 29.2 Å². The summed E-state index contributed by atoms with van der Waals surface area (Å²) in [7, 11) is 0. The molecule has 0 unspecified atom stereocenters. The molecule has 3 N–H and O–H groups in total. The van der Waals surface area contributed by atoms with Gasteiger partial charge in [-0.3, -0.25) is 19.2 Å². The van der Waals surface area contributed by atoms with Crippen LogP contribution in [0.15, 0.2) is 35.3 Å². The van der Waals surface area contributed by atoms with Gasteiger partial charge in [0.05, 0.1) is 12.5 Å². The second-order valence-corrected chi connectivity index (χ2v) is 5.61. The molecule has 27 heavy (non-hydrogen) atoms. The number of amides is 3. The zero-order chi connectivity index (χ0) is 19.7. The van der Waals surface area contributed by atoms with Gasteiger partial charge in [0, 0.05) is 45.8 Å². The molecule has 0 saturated carbocycles.